The molecule has 136 valence electrons. The maximum atomic E-state index is 12.5. The summed E-state index contributed by atoms with van der Waals surface area (Å²) in [6.07, 6.45) is 0. The number of aliphatic hydroxyl groups is 1. The number of H-pyrrole nitrogens is 1. The Morgan fingerprint density at radius 3 is 2.92 bits per heavy atom. The highest BCUT2D eigenvalue weighted by Gasteiger charge is 2.34. The number of rotatable bonds is 6. The zero-order valence-electron chi connectivity index (χ0n) is 14.4. The number of esters is 1. The molecule has 26 heavy (non-hydrogen) atoms. The molecule has 1 aromatic heterocycles. The molecular weight excluding hydrogens is 338 g/mol. The summed E-state index contributed by atoms with van der Waals surface area (Å²) in [5, 5.41) is 19.0. The van der Waals surface area contributed by atoms with Gasteiger partial charge in [0.2, 0.25) is 0 Å². The van der Waals surface area contributed by atoms with Gasteiger partial charge in [0, 0.05) is 17.8 Å². The Labute approximate surface area is 149 Å². The van der Waals surface area contributed by atoms with Gasteiger partial charge in [-0.05, 0) is 19.1 Å². The van der Waals surface area contributed by atoms with Crippen LogP contribution >= 0.6 is 0 Å². The molecule has 0 spiro atoms. The standard InChI is InChI=1S/C17H19N5O4/c1-10-18-15(21-20-10)11-4-3-5-12(8-11)19-14-13(17(25)26-2)9-22(6-7-23)16(14)24/h3-5,8,19,23H,6-7,9H2,1-2H3,(H,18,20,21). The van der Waals surface area contributed by atoms with Gasteiger partial charge in [0.1, 0.15) is 11.5 Å². The number of nitrogens with one attached hydrogen (secondary N) is 2. The molecule has 0 fully saturated rings. The van der Waals surface area contributed by atoms with E-state index in [9.17, 15) is 9.59 Å². The Balaban J connectivity index is 1.90. The van der Waals surface area contributed by atoms with E-state index in [1.165, 1.54) is 12.0 Å². The molecule has 3 rings (SSSR count). The third kappa shape index (κ3) is 3.42. The van der Waals surface area contributed by atoms with Crippen molar-refractivity contribution in [3.8, 4) is 11.4 Å². The molecule has 0 atom stereocenters. The van der Waals surface area contributed by atoms with Crippen LogP contribution in [0.3, 0.4) is 0 Å². The molecule has 3 N–H and O–H groups in total. The first-order chi connectivity index (χ1) is 12.5. The van der Waals surface area contributed by atoms with E-state index in [2.05, 4.69) is 20.5 Å². The van der Waals surface area contributed by atoms with Gasteiger partial charge in [-0.2, -0.15) is 5.10 Å². The van der Waals surface area contributed by atoms with E-state index in [1.54, 1.807) is 25.1 Å². The van der Waals surface area contributed by atoms with Gasteiger partial charge in [-0.3, -0.25) is 9.89 Å². The van der Waals surface area contributed by atoms with E-state index >= 15 is 0 Å². The molecule has 1 aromatic carbocycles. The van der Waals surface area contributed by atoms with Crippen molar-refractivity contribution >= 4 is 17.6 Å². The number of nitrogens with zero attached hydrogens (tertiary/aromatic N) is 3. The zero-order valence-corrected chi connectivity index (χ0v) is 14.4. The highest BCUT2D eigenvalue weighted by atomic mass is 16.5. The van der Waals surface area contributed by atoms with E-state index in [0.29, 0.717) is 17.3 Å². The van der Waals surface area contributed by atoms with Gasteiger partial charge in [0.05, 0.1) is 25.8 Å². The van der Waals surface area contributed by atoms with Crippen LogP contribution in [0.2, 0.25) is 0 Å². The van der Waals surface area contributed by atoms with Crippen LogP contribution in [-0.4, -0.2) is 63.9 Å². The van der Waals surface area contributed by atoms with Crippen molar-refractivity contribution in [1.82, 2.24) is 20.1 Å². The summed E-state index contributed by atoms with van der Waals surface area (Å²) in [5.74, 6) is 0.285. The summed E-state index contributed by atoms with van der Waals surface area (Å²) in [6.45, 7) is 1.85. The van der Waals surface area contributed by atoms with Crippen molar-refractivity contribution in [3.05, 3.63) is 41.4 Å². The second kappa shape index (κ2) is 7.36. The molecule has 9 nitrogen and oxygen atoms in total. The van der Waals surface area contributed by atoms with Crippen LogP contribution in [0.1, 0.15) is 5.82 Å². The molecular formula is C17H19N5O4. The van der Waals surface area contributed by atoms with Gasteiger partial charge >= 0.3 is 5.97 Å². The second-order valence-electron chi connectivity index (χ2n) is 5.75. The third-order valence-electron chi connectivity index (χ3n) is 3.94. The molecule has 0 saturated heterocycles. The van der Waals surface area contributed by atoms with E-state index < -0.39 is 5.97 Å². The fourth-order valence-electron chi connectivity index (χ4n) is 2.70. The number of aliphatic hydroxyl groups excluding tert-OH is 1. The molecule has 0 bridgehead atoms. The minimum Gasteiger partial charge on any atom is -0.466 e. The minimum atomic E-state index is -0.581. The van der Waals surface area contributed by atoms with Crippen LogP contribution in [0.5, 0.6) is 0 Å². The molecule has 2 aromatic rings. The number of hydrogen-bond acceptors (Lipinski definition) is 7. The lowest BCUT2D eigenvalue weighted by Gasteiger charge is -2.15. The van der Waals surface area contributed by atoms with Crippen molar-refractivity contribution in [2.45, 2.75) is 6.92 Å². The number of aryl methyl sites for hydroxylation is 1. The molecule has 0 unspecified atom stereocenters. The van der Waals surface area contributed by atoms with E-state index in [4.69, 9.17) is 9.84 Å². The molecule has 1 aliphatic rings. The first-order valence-electron chi connectivity index (χ1n) is 8.01. The van der Waals surface area contributed by atoms with E-state index in [-0.39, 0.29) is 36.9 Å². The molecule has 0 radical (unpaired) electrons. The zero-order chi connectivity index (χ0) is 18.7. The van der Waals surface area contributed by atoms with Crippen LogP contribution < -0.4 is 5.32 Å². The Morgan fingerprint density at radius 1 is 1.46 bits per heavy atom. The van der Waals surface area contributed by atoms with Gasteiger partial charge in [0.15, 0.2) is 5.82 Å². The van der Waals surface area contributed by atoms with Gasteiger partial charge < -0.3 is 20.1 Å². The maximum Gasteiger partial charge on any atom is 0.337 e. The predicted octanol–water partition coefficient (Wildman–Crippen LogP) is 0.454. The van der Waals surface area contributed by atoms with Gasteiger partial charge in [-0.25, -0.2) is 9.78 Å². The summed E-state index contributed by atoms with van der Waals surface area (Å²) in [5.41, 5.74) is 1.75. The fourth-order valence-corrected chi connectivity index (χ4v) is 2.70. The summed E-state index contributed by atoms with van der Waals surface area (Å²) in [6, 6.07) is 7.20. The molecule has 9 heteroatoms. The molecule has 2 heterocycles. The van der Waals surface area contributed by atoms with Crippen molar-refractivity contribution in [2.24, 2.45) is 0 Å². The lowest BCUT2D eigenvalue weighted by molar-refractivity contribution is -0.136. The Kier molecular flexibility index (Phi) is 4.99. The van der Waals surface area contributed by atoms with Crippen LogP contribution in [0.4, 0.5) is 5.69 Å². The number of carbonyl (C=O) groups is 2. The normalized spacial score (nSPS) is 14.1. The van der Waals surface area contributed by atoms with E-state index in [1.807, 2.05) is 6.07 Å². The summed E-state index contributed by atoms with van der Waals surface area (Å²) >= 11 is 0. The number of methoxy groups -OCH3 is 1. The highest BCUT2D eigenvalue weighted by Crippen LogP contribution is 2.25. The Bertz CT molecular complexity index is 874. The monoisotopic (exact) mass is 357 g/mol. The number of amides is 1. The third-order valence-corrected chi connectivity index (χ3v) is 3.94. The largest absolute Gasteiger partial charge is 0.466 e. The smallest absolute Gasteiger partial charge is 0.337 e. The fraction of sp³-hybridized carbons (Fsp3) is 0.294. The lowest BCUT2D eigenvalue weighted by Crippen LogP contribution is -2.31. The van der Waals surface area contributed by atoms with Crippen LogP contribution in [-0.2, 0) is 14.3 Å². The lowest BCUT2D eigenvalue weighted by atomic mass is 10.1. The first kappa shape index (κ1) is 17.6. The van der Waals surface area contributed by atoms with Gasteiger partial charge in [-0.1, -0.05) is 12.1 Å². The topological polar surface area (TPSA) is 120 Å². The number of β-amino-alcohol motifs (C(OH)–C–C–N with tert-alkyl or cyclic N) is 1. The van der Waals surface area contributed by atoms with Gasteiger partial charge in [-0.15, -0.1) is 0 Å². The molecule has 0 saturated carbocycles. The number of ether oxygens (including phenoxy) is 1. The number of hydrogen-bond donors (Lipinski definition) is 3. The van der Waals surface area contributed by atoms with Crippen LogP contribution in [0, 0.1) is 6.92 Å². The second-order valence-corrected chi connectivity index (χ2v) is 5.75. The van der Waals surface area contributed by atoms with Crippen molar-refractivity contribution in [2.75, 3.05) is 32.1 Å². The van der Waals surface area contributed by atoms with Gasteiger partial charge in [0.25, 0.3) is 5.91 Å². The van der Waals surface area contributed by atoms with Crippen molar-refractivity contribution < 1.29 is 19.4 Å². The first-order valence-corrected chi connectivity index (χ1v) is 8.01. The molecule has 1 amide bonds. The van der Waals surface area contributed by atoms with Crippen LogP contribution in [0.15, 0.2) is 35.5 Å². The SMILES string of the molecule is COC(=O)C1=C(Nc2cccc(-c3n[nH]c(C)n3)c2)C(=O)N(CCO)C1. The number of benzene rings is 1. The summed E-state index contributed by atoms with van der Waals surface area (Å²) in [4.78, 5) is 30.2. The predicted molar refractivity (Wildman–Crippen MR) is 92.9 cm³/mol. The summed E-state index contributed by atoms with van der Waals surface area (Å²) in [7, 11) is 1.26. The Morgan fingerprint density at radius 2 is 2.27 bits per heavy atom. The number of aromatic nitrogens is 3. The maximum absolute atomic E-state index is 12.5. The van der Waals surface area contributed by atoms with Crippen molar-refractivity contribution in [1.29, 1.82) is 0 Å². The average molecular weight is 357 g/mol. The summed E-state index contributed by atoms with van der Waals surface area (Å²) < 4.78 is 4.77. The van der Waals surface area contributed by atoms with E-state index in [0.717, 1.165) is 5.56 Å². The average Bonchev–Trinajstić information content (AvgIpc) is 3.20. The van der Waals surface area contributed by atoms with Crippen molar-refractivity contribution in [3.63, 3.8) is 0 Å². The number of carbonyl (C=O) groups excluding carboxylic acids is 2. The van der Waals surface area contributed by atoms with Crippen LogP contribution in [0.25, 0.3) is 11.4 Å². The number of anilines is 1. The Hall–Kier alpha value is -3.20. The quantitative estimate of drug-likeness (QED) is 0.642. The molecule has 1 aliphatic heterocycles. The molecule has 0 aliphatic carbocycles. The highest BCUT2D eigenvalue weighted by molar-refractivity contribution is 6.08. The minimum absolute atomic E-state index is 0.0915. The number of aromatic amines is 1.